The lowest BCUT2D eigenvalue weighted by Gasteiger charge is -2.17. The molecule has 0 atom stereocenters. The van der Waals surface area contributed by atoms with Gasteiger partial charge in [-0.2, -0.15) is 13.2 Å². The molecule has 1 amide bonds. The van der Waals surface area contributed by atoms with Crippen LogP contribution < -0.4 is 10.1 Å². The van der Waals surface area contributed by atoms with Gasteiger partial charge in [-0.15, -0.1) is 0 Å². The Morgan fingerprint density at radius 1 is 1.10 bits per heavy atom. The van der Waals surface area contributed by atoms with E-state index < -0.39 is 29.5 Å². The zero-order valence-electron chi connectivity index (χ0n) is 16.2. The molecule has 10 heteroatoms. The topological polar surface area (TPSA) is 64.6 Å². The molecule has 30 heavy (non-hydrogen) atoms. The quantitative estimate of drug-likeness (QED) is 0.524. The third-order valence-electron chi connectivity index (χ3n) is 3.93. The van der Waals surface area contributed by atoms with Crippen molar-refractivity contribution < 1.29 is 32.2 Å². The third kappa shape index (κ3) is 6.03. The molecule has 0 saturated carbocycles. The van der Waals surface area contributed by atoms with Crippen LogP contribution in [0.3, 0.4) is 0 Å². The number of methoxy groups -OCH3 is 1. The molecule has 0 heterocycles. The van der Waals surface area contributed by atoms with E-state index in [1.54, 1.807) is 13.8 Å². The first-order valence-electron chi connectivity index (χ1n) is 8.67. The van der Waals surface area contributed by atoms with E-state index in [-0.39, 0.29) is 33.7 Å². The van der Waals surface area contributed by atoms with E-state index in [0.29, 0.717) is 5.56 Å². The summed E-state index contributed by atoms with van der Waals surface area (Å²) in [5.74, 6) is -1.82. The average molecular weight is 464 g/mol. The molecule has 0 aliphatic heterocycles. The number of esters is 1. The summed E-state index contributed by atoms with van der Waals surface area (Å²) < 4.78 is 50.5. The Morgan fingerprint density at radius 2 is 1.70 bits per heavy atom. The highest BCUT2D eigenvalue weighted by molar-refractivity contribution is 6.37. The van der Waals surface area contributed by atoms with Crippen molar-refractivity contribution in [3.05, 3.63) is 51.5 Å². The van der Waals surface area contributed by atoms with Gasteiger partial charge in [-0.3, -0.25) is 9.59 Å². The van der Waals surface area contributed by atoms with Crippen molar-refractivity contribution in [2.45, 2.75) is 26.4 Å². The molecule has 0 spiro atoms. The van der Waals surface area contributed by atoms with E-state index in [4.69, 9.17) is 27.9 Å². The zero-order valence-corrected chi connectivity index (χ0v) is 17.7. The first-order valence-corrected chi connectivity index (χ1v) is 9.42. The SMILES string of the molecule is COC(=O)Cc1cc(Cl)c(Oc2ccc(NC(=O)C(C)C)c(C(F)(F)F)c2)c(Cl)c1. The largest absolute Gasteiger partial charge is 0.469 e. The van der Waals surface area contributed by atoms with Crippen molar-refractivity contribution in [2.24, 2.45) is 5.92 Å². The van der Waals surface area contributed by atoms with Crippen LogP contribution in [0.4, 0.5) is 18.9 Å². The molecule has 162 valence electrons. The van der Waals surface area contributed by atoms with Gasteiger partial charge < -0.3 is 14.8 Å². The number of anilines is 1. The van der Waals surface area contributed by atoms with Gasteiger partial charge in [-0.1, -0.05) is 37.0 Å². The molecule has 0 unspecified atom stereocenters. The fourth-order valence-electron chi connectivity index (χ4n) is 2.38. The summed E-state index contributed by atoms with van der Waals surface area (Å²) in [6.45, 7) is 3.13. The smallest absolute Gasteiger partial charge is 0.418 e. The molecule has 2 rings (SSSR count). The lowest BCUT2D eigenvalue weighted by atomic mass is 10.1. The second kappa shape index (κ2) is 9.57. The minimum Gasteiger partial charge on any atom is -0.469 e. The van der Waals surface area contributed by atoms with Gasteiger partial charge in [-0.25, -0.2) is 0 Å². The number of halogens is 5. The Kier molecular flexibility index (Phi) is 7.60. The number of nitrogens with one attached hydrogen (secondary N) is 1. The minimum absolute atomic E-state index is 0.00662. The van der Waals surface area contributed by atoms with E-state index in [1.807, 2.05) is 0 Å². The third-order valence-corrected chi connectivity index (χ3v) is 4.49. The van der Waals surface area contributed by atoms with Crippen molar-refractivity contribution in [1.29, 1.82) is 0 Å². The number of benzene rings is 2. The van der Waals surface area contributed by atoms with Crippen LogP contribution in [-0.2, 0) is 26.9 Å². The van der Waals surface area contributed by atoms with Crippen LogP contribution in [0.2, 0.25) is 10.0 Å². The monoisotopic (exact) mass is 463 g/mol. The number of ether oxygens (including phenoxy) is 2. The second-order valence-corrected chi connectivity index (χ2v) is 7.41. The van der Waals surface area contributed by atoms with Crippen LogP contribution >= 0.6 is 23.2 Å². The highest BCUT2D eigenvalue weighted by Gasteiger charge is 2.35. The van der Waals surface area contributed by atoms with Crippen molar-refractivity contribution >= 4 is 40.8 Å². The maximum Gasteiger partial charge on any atom is 0.418 e. The fraction of sp³-hybridized carbons (Fsp3) is 0.300. The van der Waals surface area contributed by atoms with Crippen molar-refractivity contribution in [2.75, 3.05) is 12.4 Å². The molecule has 0 aliphatic rings. The Morgan fingerprint density at radius 3 is 2.20 bits per heavy atom. The Bertz CT molecular complexity index is 939. The summed E-state index contributed by atoms with van der Waals surface area (Å²) in [5.41, 5.74) is -1.02. The second-order valence-electron chi connectivity index (χ2n) is 6.59. The molecule has 5 nitrogen and oxygen atoms in total. The molecular formula is C20H18Cl2F3NO4. The maximum absolute atomic E-state index is 13.5. The molecular weight excluding hydrogens is 446 g/mol. The molecule has 2 aromatic carbocycles. The maximum atomic E-state index is 13.5. The van der Waals surface area contributed by atoms with E-state index in [0.717, 1.165) is 12.1 Å². The Balaban J connectivity index is 2.37. The first kappa shape index (κ1) is 23.8. The lowest BCUT2D eigenvalue weighted by Crippen LogP contribution is -2.20. The van der Waals surface area contributed by atoms with Crippen LogP contribution in [0.5, 0.6) is 11.5 Å². The number of rotatable bonds is 6. The summed E-state index contributed by atoms with van der Waals surface area (Å²) in [7, 11) is 1.23. The van der Waals surface area contributed by atoms with Gasteiger partial charge in [0.05, 0.1) is 34.8 Å². The van der Waals surface area contributed by atoms with Gasteiger partial charge in [0.15, 0.2) is 5.75 Å². The fourth-order valence-corrected chi connectivity index (χ4v) is 2.99. The standard InChI is InChI=1S/C20H18Cl2F3NO4/c1-10(2)19(28)26-16-5-4-12(9-13(16)20(23,24)25)30-18-14(21)6-11(7-15(18)22)8-17(27)29-3/h4-7,9-10H,8H2,1-3H3,(H,26,28). The molecule has 0 fully saturated rings. The number of amides is 1. The number of hydrogen-bond acceptors (Lipinski definition) is 4. The summed E-state index contributed by atoms with van der Waals surface area (Å²) in [4.78, 5) is 23.2. The molecule has 0 aromatic heterocycles. The van der Waals surface area contributed by atoms with Crippen molar-refractivity contribution in [1.82, 2.24) is 0 Å². The van der Waals surface area contributed by atoms with Crippen LogP contribution in [0.1, 0.15) is 25.0 Å². The average Bonchev–Trinajstić information content (AvgIpc) is 2.64. The van der Waals surface area contributed by atoms with Gasteiger partial charge in [-0.05, 0) is 35.9 Å². The van der Waals surface area contributed by atoms with Crippen LogP contribution in [0.15, 0.2) is 30.3 Å². The van der Waals surface area contributed by atoms with Crippen molar-refractivity contribution in [3.8, 4) is 11.5 Å². The Labute approximate surface area is 181 Å². The number of carbonyl (C=O) groups excluding carboxylic acids is 2. The Hall–Kier alpha value is -2.45. The minimum atomic E-state index is -4.74. The van der Waals surface area contributed by atoms with Crippen LogP contribution in [0, 0.1) is 5.92 Å². The van der Waals surface area contributed by atoms with Gasteiger partial charge in [0.2, 0.25) is 5.91 Å². The van der Waals surface area contributed by atoms with Gasteiger partial charge in [0.25, 0.3) is 0 Å². The van der Waals surface area contributed by atoms with Crippen LogP contribution in [-0.4, -0.2) is 19.0 Å². The summed E-state index contributed by atoms with van der Waals surface area (Å²) >= 11 is 12.3. The van der Waals surface area contributed by atoms with Gasteiger partial charge in [0, 0.05) is 5.92 Å². The lowest BCUT2D eigenvalue weighted by molar-refractivity contribution is -0.140. The molecule has 0 aliphatic carbocycles. The predicted molar refractivity (Wildman–Crippen MR) is 107 cm³/mol. The molecule has 0 saturated heterocycles. The number of carbonyl (C=O) groups is 2. The van der Waals surface area contributed by atoms with E-state index >= 15 is 0 Å². The molecule has 2 aromatic rings. The predicted octanol–water partition coefficient (Wildman–Crippen LogP) is 6.11. The summed E-state index contributed by atoms with van der Waals surface area (Å²) in [5, 5.41) is 2.26. The highest BCUT2D eigenvalue weighted by atomic mass is 35.5. The summed E-state index contributed by atoms with van der Waals surface area (Å²) in [6, 6.07) is 5.89. The van der Waals surface area contributed by atoms with Gasteiger partial charge >= 0.3 is 12.1 Å². The van der Waals surface area contributed by atoms with Crippen LogP contribution in [0.25, 0.3) is 0 Å². The first-order chi connectivity index (χ1) is 13.9. The van der Waals surface area contributed by atoms with Gasteiger partial charge in [0.1, 0.15) is 5.75 Å². The molecule has 1 N–H and O–H groups in total. The normalized spacial score (nSPS) is 11.4. The summed E-state index contributed by atoms with van der Waals surface area (Å²) in [6.07, 6.45) is -4.82. The highest BCUT2D eigenvalue weighted by Crippen LogP contribution is 2.41. The van der Waals surface area contributed by atoms with E-state index in [1.165, 1.54) is 25.3 Å². The van der Waals surface area contributed by atoms with E-state index in [2.05, 4.69) is 10.1 Å². The van der Waals surface area contributed by atoms with Crippen molar-refractivity contribution in [3.63, 3.8) is 0 Å². The van der Waals surface area contributed by atoms with E-state index in [9.17, 15) is 22.8 Å². The number of hydrogen-bond donors (Lipinski definition) is 1. The zero-order chi connectivity index (χ0) is 22.6. The molecule has 0 radical (unpaired) electrons. The molecule has 0 bridgehead atoms. The number of alkyl halides is 3.